The van der Waals surface area contributed by atoms with Gasteiger partial charge in [0.25, 0.3) is 5.91 Å². The molecule has 1 aromatic heterocycles. The number of nitrogens with zero attached hydrogens (tertiary/aromatic N) is 1. The third-order valence-corrected chi connectivity index (χ3v) is 3.98. The van der Waals surface area contributed by atoms with Gasteiger partial charge < -0.3 is 11.1 Å². The molecule has 0 radical (unpaired) electrons. The molecule has 4 nitrogen and oxygen atoms in total. The zero-order valence-corrected chi connectivity index (χ0v) is 13.0. The highest BCUT2D eigenvalue weighted by Crippen LogP contribution is 2.29. The van der Waals surface area contributed by atoms with Crippen molar-refractivity contribution in [1.82, 2.24) is 4.98 Å². The van der Waals surface area contributed by atoms with Gasteiger partial charge in [-0.2, -0.15) is 0 Å². The maximum atomic E-state index is 11.6. The van der Waals surface area contributed by atoms with Crippen molar-refractivity contribution in [1.29, 1.82) is 0 Å². The maximum Gasteiger partial charge on any atom is 0.250 e. The van der Waals surface area contributed by atoms with E-state index in [9.17, 15) is 4.79 Å². The maximum absolute atomic E-state index is 11.6. The highest BCUT2D eigenvalue weighted by molar-refractivity contribution is 6.08. The molecule has 0 fully saturated rings. The average Bonchev–Trinajstić information content (AvgIpc) is 2.60. The van der Waals surface area contributed by atoms with Gasteiger partial charge in [0.15, 0.2) is 0 Å². The Morgan fingerprint density at radius 3 is 2.61 bits per heavy atom. The summed E-state index contributed by atoms with van der Waals surface area (Å²) in [6.45, 7) is 2.14. The van der Waals surface area contributed by atoms with Crippen LogP contribution in [0.1, 0.15) is 35.3 Å². The smallest absolute Gasteiger partial charge is 0.250 e. The molecule has 3 rings (SSSR count). The van der Waals surface area contributed by atoms with Crippen LogP contribution < -0.4 is 11.1 Å². The number of pyridine rings is 1. The van der Waals surface area contributed by atoms with Gasteiger partial charge >= 0.3 is 0 Å². The number of anilines is 1. The second-order valence-electron chi connectivity index (χ2n) is 5.44. The van der Waals surface area contributed by atoms with Gasteiger partial charge in [-0.1, -0.05) is 37.3 Å². The Morgan fingerprint density at radius 2 is 1.91 bits per heavy atom. The number of nitrogens with two attached hydrogens (primary N) is 1. The molecule has 0 saturated carbocycles. The number of fused-ring (bicyclic) bond motifs is 1. The highest BCUT2D eigenvalue weighted by atomic mass is 16.1. The van der Waals surface area contributed by atoms with Gasteiger partial charge in [-0.15, -0.1) is 0 Å². The predicted molar refractivity (Wildman–Crippen MR) is 93.4 cm³/mol. The molecular weight excluding hydrogens is 286 g/mol. The first kappa shape index (κ1) is 15.0. The molecular formula is C19H19N3O. The van der Waals surface area contributed by atoms with E-state index in [-0.39, 0.29) is 6.04 Å². The van der Waals surface area contributed by atoms with E-state index >= 15 is 0 Å². The highest BCUT2D eigenvalue weighted by Gasteiger charge is 2.14. The number of hydrogen-bond acceptors (Lipinski definition) is 3. The lowest BCUT2D eigenvalue weighted by Gasteiger charge is -2.20. The number of nitrogens with one attached hydrogen (secondary N) is 1. The first-order valence-corrected chi connectivity index (χ1v) is 7.69. The standard InChI is InChI=1S/C19H19N3O/c1-2-16(13-7-4-3-5-8-13)22-17-11-10-15(19(20)23)18-14(17)9-6-12-21-18/h3-12,16,22H,2H2,1H3,(H2,20,23). The Bertz CT molecular complexity index is 830. The van der Waals surface area contributed by atoms with Crippen LogP contribution in [0.3, 0.4) is 0 Å². The van der Waals surface area contributed by atoms with Gasteiger partial charge in [-0.3, -0.25) is 9.78 Å². The van der Waals surface area contributed by atoms with Gasteiger partial charge in [0.1, 0.15) is 0 Å². The van der Waals surface area contributed by atoms with Crippen molar-refractivity contribution in [2.24, 2.45) is 5.73 Å². The summed E-state index contributed by atoms with van der Waals surface area (Å²) in [6.07, 6.45) is 2.62. The molecule has 4 heteroatoms. The van der Waals surface area contributed by atoms with Crippen LogP contribution in [0.5, 0.6) is 0 Å². The number of primary amides is 1. The lowest BCUT2D eigenvalue weighted by atomic mass is 10.0. The molecule has 1 heterocycles. The normalized spacial score (nSPS) is 12.0. The fraction of sp³-hybridized carbons (Fsp3) is 0.158. The number of benzene rings is 2. The number of amides is 1. The van der Waals surface area contributed by atoms with Crippen LogP contribution in [-0.2, 0) is 0 Å². The summed E-state index contributed by atoms with van der Waals surface area (Å²) >= 11 is 0. The quantitative estimate of drug-likeness (QED) is 0.751. The molecule has 0 aliphatic rings. The van der Waals surface area contributed by atoms with Crippen LogP contribution in [0.25, 0.3) is 10.9 Å². The second-order valence-corrected chi connectivity index (χ2v) is 5.44. The van der Waals surface area contributed by atoms with E-state index < -0.39 is 5.91 Å². The van der Waals surface area contributed by atoms with Crippen molar-refractivity contribution in [3.63, 3.8) is 0 Å². The summed E-state index contributed by atoms with van der Waals surface area (Å²) in [6, 6.07) is 17.9. The minimum atomic E-state index is -0.463. The van der Waals surface area contributed by atoms with Crippen molar-refractivity contribution in [2.45, 2.75) is 19.4 Å². The summed E-state index contributed by atoms with van der Waals surface area (Å²) in [7, 11) is 0. The number of carbonyl (C=O) groups excluding carboxylic acids is 1. The first-order chi connectivity index (χ1) is 11.2. The molecule has 0 aliphatic heterocycles. The van der Waals surface area contributed by atoms with Gasteiger partial charge in [-0.25, -0.2) is 0 Å². The summed E-state index contributed by atoms with van der Waals surface area (Å²) < 4.78 is 0. The molecule has 0 bridgehead atoms. The van der Waals surface area contributed by atoms with Gasteiger partial charge in [0.2, 0.25) is 0 Å². The lowest BCUT2D eigenvalue weighted by molar-refractivity contribution is 0.100. The third-order valence-electron chi connectivity index (χ3n) is 3.98. The van der Waals surface area contributed by atoms with E-state index in [4.69, 9.17) is 5.73 Å². The van der Waals surface area contributed by atoms with Crippen molar-refractivity contribution in [3.05, 3.63) is 71.9 Å². The summed E-state index contributed by atoms with van der Waals surface area (Å²) in [5, 5.41) is 4.46. The number of aromatic nitrogens is 1. The van der Waals surface area contributed by atoms with E-state index in [1.807, 2.05) is 36.4 Å². The largest absolute Gasteiger partial charge is 0.378 e. The van der Waals surface area contributed by atoms with Crippen molar-refractivity contribution in [2.75, 3.05) is 5.32 Å². The predicted octanol–water partition coefficient (Wildman–Crippen LogP) is 3.90. The topological polar surface area (TPSA) is 68.0 Å². The number of carbonyl (C=O) groups is 1. The minimum absolute atomic E-state index is 0.194. The van der Waals surface area contributed by atoms with Gasteiger partial charge in [0, 0.05) is 17.3 Å². The fourth-order valence-electron chi connectivity index (χ4n) is 2.79. The summed E-state index contributed by atoms with van der Waals surface area (Å²) in [4.78, 5) is 15.9. The van der Waals surface area contributed by atoms with E-state index in [0.717, 1.165) is 17.5 Å². The Balaban J connectivity index is 2.03. The Hall–Kier alpha value is -2.88. The second kappa shape index (κ2) is 6.48. The van der Waals surface area contributed by atoms with Crippen LogP contribution in [0.4, 0.5) is 5.69 Å². The van der Waals surface area contributed by atoms with Crippen LogP contribution in [0.2, 0.25) is 0 Å². The average molecular weight is 305 g/mol. The SMILES string of the molecule is CCC(Nc1ccc(C(N)=O)c2ncccc12)c1ccccc1. The van der Waals surface area contributed by atoms with Crippen LogP contribution in [0.15, 0.2) is 60.8 Å². The van der Waals surface area contributed by atoms with Crippen LogP contribution >= 0.6 is 0 Å². The molecule has 1 unspecified atom stereocenters. The number of hydrogen-bond donors (Lipinski definition) is 2. The van der Waals surface area contributed by atoms with E-state index in [1.54, 1.807) is 12.3 Å². The number of rotatable bonds is 5. The van der Waals surface area contributed by atoms with Crippen molar-refractivity contribution >= 4 is 22.5 Å². The molecule has 23 heavy (non-hydrogen) atoms. The monoisotopic (exact) mass is 305 g/mol. The van der Waals surface area contributed by atoms with Gasteiger partial charge in [0.05, 0.1) is 17.1 Å². The Labute approximate surface area is 135 Å². The Morgan fingerprint density at radius 1 is 1.13 bits per heavy atom. The molecule has 1 atom stereocenters. The van der Waals surface area contributed by atoms with Crippen LogP contribution in [0, 0.1) is 0 Å². The lowest BCUT2D eigenvalue weighted by Crippen LogP contribution is -2.14. The zero-order chi connectivity index (χ0) is 16.2. The fourth-order valence-corrected chi connectivity index (χ4v) is 2.79. The molecule has 3 N–H and O–H groups in total. The van der Waals surface area contributed by atoms with E-state index in [0.29, 0.717) is 11.1 Å². The molecule has 116 valence electrons. The summed E-state index contributed by atoms with van der Waals surface area (Å²) in [5.74, 6) is -0.463. The molecule has 3 aromatic rings. The van der Waals surface area contributed by atoms with Crippen molar-refractivity contribution in [3.8, 4) is 0 Å². The van der Waals surface area contributed by atoms with Gasteiger partial charge in [-0.05, 0) is 36.2 Å². The van der Waals surface area contributed by atoms with Crippen molar-refractivity contribution < 1.29 is 4.79 Å². The summed E-state index contributed by atoms with van der Waals surface area (Å²) in [5.41, 5.74) is 8.71. The molecule has 0 spiro atoms. The molecule has 0 aliphatic carbocycles. The molecule has 0 saturated heterocycles. The zero-order valence-electron chi connectivity index (χ0n) is 13.0. The van der Waals surface area contributed by atoms with E-state index in [1.165, 1.54) is 5.56 Å². The first-order valence-electron chi connectivity index (χ1n) is 7.69. The molecule has 1 amide bonds. The van der Waals surface area contributed by atoms with E-state index in [2.05, 4.69) is 29.4 Å². The minimum Gasteiger partial charge on any atom is -0.378 e. The Kier molecular flexibility index (Phi) is 4.24. The third kappa shape index (κ3) is 3.01. The van der Waals surface area contributed by atoms with Crippen LogP contribution in [-0.4, -0.2) is 10.9 Å². The molecule has 2 aromatic carbocycles.